The van der Waals surface area contributed by atoms with Crippen molar-refractivity contribution in [3.63, 3.8) is 0 Å². The lowest BCUT2D eigenvalue weighted by Crippen LogP contribution is -2.19. The Morgan fingerprint density at radius 2 is 2.31 bits per heavy atom. The van der Waals surface area contributed by atoms with E-state index in [0.29, 0.717) is 0 Å². The monoisotopic (exact) mass is 291 g/mol. The van der Waals surface area contributed by atoms with E-state index < -0.39 is 11.6 Å². The zero-order valence-electron chi connectivity index (χ0n) is 8.80. The highest BCUT2D eigenvalue weighted by Gasteiger charge is 2.21. The van der Waals surface area contributed by atoms with Crippen LogP contribution in [0.1, 0.15) is 10.4 Å². The number of aromatic hydroxyl groups is 1. The Hall–Kier alpha value is -1.14. The number of hydrogen-bond donors (Lipinski definition) is 2. The summed E-state index contributed by atoms with van der Waals surface area (Å²) < 4.78 is 18.1. The SMILES string of the molecule is CNCC(=O)c1c(O)c(OC)cc(F)c1Br. The maximum atomic E-state index is 13.4. The number of phenolic OH excluding ortho intramolecular Hbond substituents is 1. The van der Waals surface area contributed by atoms with Crippen LogP contribution in [0.25, 0.3) is 0 Å². The van der Waals surface area contributed by atoms with Gasteiger partial charge in [0.05, 0.1) is 23.7 Å². The molecule has 0 heterocycles. The smallest absolute Gasteiger partial charge is 0.181 e. The van der Waals surface area contributed by atoms with Crippen LogP contribution in [0.2, 0.25) is 0 Å². The van der Waals surface area contributed by atoms with Crippen LogP contribution in [0.3, 0.4) is 0 Å². The van der Waals surface area contributed by atoms with Gasteiger partial charge in [-0.2, -0.15) is 0 Å². The molecule has 0 atom stereocenters. The van der Waals surface area contributed by atoms with Crippen molar-refractivity contribution >= 4 is 21.7 Å². The van der Waals surface area contributed by atoms with E-state index in [1.165, 1.54) is 7.11 Å². The summed E-state index contributed by atoms with van der Waals surface area (Å²) >= 11 is 2.93. The van der Waals surface area contributed by atoms with Gasteiger partial charge >= 0.3 is 0 Å². The van der Waals surface area contributed by atoms with Gasteiger partial charge in [-0.05, 0) is 23.0 Å². The number of methoxy groups -OCH3 is 1. The molecule has 0 saturated carbocycles. The molecule has 0 aliphatic rings. The van der Waals surface area contributed by atoms with E-state index in [1.807, 2.05) is 0 Å². The lowest BCUT2D eigenvalue weighted by atomic mass is 10.1. The van der Waals surface area contributed by atoms with E-state index in [-0.39, 0.29) is 28.1 Å². The third-order valence-electron chi connectivity index (χ3n) is 1.99. The molecule has 0 bridgehead atoms. The lowest BCUT2D eigenvalue weighted by molar-refractivity contribution is 0.0989. The van der Waals surface area contributed by atoms with Crippen molar-refractivity contribution in [2.24, 2.45) is 0 Å². The molecule has 1 rings (SSSR count). The van der Waals surface area contributed by atoms with Gasteiger partial charge in [-0.25, -0.2) is 4.39 Å². The second-order valence-electron chi connectivity index (χ2n) is 3.05. The molecule has 0 amide bonds. The number of ether oxygens (including phenoxy) is 1. The van der Waals surface area contributed by atoms with Gasteiger partial charge in [-0.15, -0.1) is 0 Å². The standard InChI is InChI=1S/C10H11BrFNO3/c1-13-4-6(14)8-9(11)5(12)3-7(16-2)10(8)15/h3,13,15H,4H2,1-2H3. The average molecular weight is 292 g/mol. The average Bonchev–Trinajstić information content (AvgIpc) is 2.24. The van der Waals surface area contributed by atoms with E-state index >= 15 is 0 Å². The molecule has 0 saturated heterocycles. The number of carbonyl (C=O) groups is 1. The van der Waals surface area contributed by atoms with Gasteiger partial charge in [0, 0.05) is 6.07 Å². The van der Waals surface area contributed by atoms with Gasteiger partial charge < -0.3 is 15.2 Å². The molecule has 16 heavy (non-hydrogen) atoms. The maximum absolute atomic E-state index is 13.4. The maximum Gasteiger partial charge on any atom is 0.181 e. The minimum absolute atomic E-state index is 0.00122. The van der Waals surface area contributed by atoms with Crippen LogP contribution in [0.4, 0.5) is 4.39 Å². The molecule has 1 aromatic rings. The molecule has 0 aromatic heterocycles. The number of nitrogens with one attached hydrogen (secondary N) is 1. The summed E-state index contributed by atoms with van der Waals surface area (Å²) in [7, 11) is 2.87. The Morgan fingerprint density at radius 3 is 2.81 bits per heavy atom. The van der Waals surface area contributed by atoms with Crippen LogP contribution in [0.15, 0.2) is 10.5 Å². The van der Waals surface area contributed by atoms with Crippen molar-refractivity contribution in [1.29, 1.82) is 0 Å². The second kappa shape index (κ2) is 5.27. The van der Waals surface area contributed by atoms with Crippen molar-refractivity contribution in [3.8, 4) is 11.5 Å². The highest BCUT2D eigenvalue weighted by atomic mass is 79.9. The predicted molar refractivity (Wildman–Crippen MR) is 60.6 cm³/mol. The topological polar surface area (TPSA) is 58.6 Å². The van der Waals surface area contributed by atoms with Gasteiger partial charge in [0.15, 0.2) is 17.3 Å². The molecule has 0 unspecified atom stereocenters. The summed E-state index contributed by atoms with van der Waals surface area (Å²) in [6.45, 7) is -0.00122. The third-order valence-corrected chi connectivity index (χ3v) is 2.77. The number of rotatable bonds is 4. The molecule has 88 valence electrons. The fourth-order valence-electron chi connectivity index (χ4n) is 1.25. The molecule has 0 spiro atoms. The molecule has 0 aliphatic carbocycles. The van der Waals surface area contributed by atoms with E-state index in [2.05, 4.69) is 21.2 Å². The normalized spacial score (nSPS) is 10.2. The minimum Gasteiger partial charge on any atom is -0.504 e. The molecular weight excluding hydrogens is 281 g/mol. The van der Waals surface area contributed by atoms with Gasteiger partial charge in [0.2, 0.25) is 0 Å². The highest BCUT2D eigenvalue weighted by Crippen LogP contribution is 2.37. The van der Waals surface area contributed by atoms with Gasteiger partial charge in [0.1, 0.15) is 5.82 Å². The quantitative estimate of drug-likeness (QED) is 0.829. The zero-order valence-corrected chi connectivity index (χ0v) is 10.4. The molecule has 4 nitrogen and oxygen atoms in total. The van der Waals surface area contributed by atoms with Crippen molar-refractivity contribution in [3.05, 3.63) is 21.9 Å². The minimum atomic E-state index is -0.658. The fraction of sp³-hybridized carbons (Fsp3) is 0.300. The second-order valence-corrected chi connectivity index (χ2v) is 3.84. The number of benzene rings is 1. The Balaban J connectivity index is 3.35. The zero-order chi connectivity index (χ0) is 12.3. The summed E-state index contributed by atoms with van der Waals surface area (Å²) in [5.41, 5.74) is -0.119. The van der Waals surface area contributed by atoms with Crippen LogP contribution >= 0.6 is 15.9 Å². The Labute approximate surface area is 101 Å². The first-order valence-electron chi connectivity index (χ1n) is 4.45. The number of halogens is 2. The number of phenols is 1. The van der Waals surface area contributed by atoms with Crippen molar-refractivity contribution in [1.82, 2.24) is 5.32 Å². The van der Waals surface area contributed by atoms with Crippen LogP contribution < -0.4 is 10.1 Å². The Bertz CT molecular complexity index is 423. The number of Topliss-reactive ketones (excluding diaryl/α,β-unsaturated/α-hetero) is 1. The van der Waals surface area contributed by atoms with Gasteiger partial charge in [-0.1, -0.05) is 0 Å². The van der Waals surface area contributed by atoms with Crippen LogP contribution in [0.5, 0.6) is 11.5 Å². The van der Waals surface area contributed by atoms with E-state index in [9.17, 15) is 14.3 Å². The summed E-state index contributed by atoms with van der Waals surface area (Å²) in [6, 6.07) is 1.01. The summed E-state index contributed by atoms with van der Waals surface area (Å²) in [5.74, 6) is -1.52. The van der Waals surface area contributed by atoms with Crippen molar-refractivity contribution < 1.29 is 19.0 Å². The number of hydrogen-bond acceptors (Lipinski definition) is 4. The lowest BCUT2D eigenvalue weighted by Gasteiger charge is -2.11. The molecule has 0 radical (unpaired) electrons. The molecule has 0 fully saturated rings. The molecule has 2 N–H and O–H groups in total. The Morgan fingerprint density at radius 1 is 1.69 bits per heavy atom. The van der Waals surface area contributed by atoms with Crippen LogP contribution in [0, 0.1) is 5.82 Å². The predicted octanol–water partition coefficient (Wildman–Crippen LogP) is 1.70. The van der Waals surface area contributed by atoms with Crippen LogP contribution in [-0.2, 0) is 0 Å². The molecule has 0 aliphatic heterocycles. The third kappa shape index (κ3) is 2.33. The Kier molecular flexibility index (Phi) is 4.26. The molecular formula is C10H11BrFNO3. The van der Waals surface area contributed by atoms with Crippen LogP contribution in [-0.4, -0.2) is 31.6 Å². The summed E-state index contributed by atoms with van der Waals surface area (Å²) in [4.78, 5) is 11.6. The van der Waals surface area contributed by atoms with Crippen molar-refractivity contribution in [2.75, 3.05) is 20.7 Å². The van der Waals surface area contributed by atoms with Gasteiger partial charge in [-0.3, -0.25) is 4.79 Å². The first kappa shape index (κ1) is 12.9. The number of ketones is 1. The van der Waals surface area contributed by atoms with E-state index in [4.69, 9.17) is 4.74 Å². The summed E-state index contributed by atoms with van der Waals surface area (Å²) in [5, 5.41) is 12.4. The van der Waals surface area contributed by atoms with Crippen molar-refractivity contribution in [2.45, 2.75) is 0 Å². The number of carbonyl (C=O) groups excluding carboxylic acids is 1. The van der Waals surface area contributed by atoms with E-state index in [0.717, 1.165) is 6.07 Å². The fourth-order valence-corrected chi connectivity index (χ4v) is 1.78. The number of likely N-dealkylation sites (N-methyl/N-ethyl adjacent to an activating group) is 1. The molecule has 1 aromatic carbocycles. The largest absolute Gasteiger partial charge is 0.504 e. The first-order chi connectivity index (χ1) is 7.52. The first-order valence-corrected chi connectivity index (χ1v) is 5.25. The molecule has 6 heteroatoms. The summed E-state index contributed by atoms with van der Waals surface area (Å²) in [6.07, 6.45) is 0. The van der Waals surface area contributed by atoms with E-state index in [1.54, 1.807) is 7.05 Å². The van der Waals surface area contributed by atoms with Gasteiger partial charge in [0.25, 0.3) is 0 Å². The highest BCUT2D eigenvalue weighted by molar-refractivity contribution is 9.10.